The fraction of sp³-hybridized carbons (Fsp3) is 0.185. The third-order valence-electron chi connectivity index (χ3n) is 5.67. The summed E-state index contributed by atoms with van der Waals surface area (Å²) in [6.07, 6.45) is 1.65. The van der Waals surface area contributed by atoms with Crippen LogP contribution >= 0.6 is 11.3 Å². The topological polar surface area (TPSA) is 77.3 Å². The average molecular weight is 485 g/mol. The monoisotopic (exact) mass is 484 g/mol. The van der Waals surface area contributed by atoms with E-state index in [2.05, 4.69) is 4.98 Å². The van der Waals surface area contributed by atoms with E-state index in [9.17, 15) is 9.59 Å². The van der Waals surface area contributed by atoms with Crippen molar-refractivity contribution in [3.8, 4) is 5.75 Å². The molecule has 0 aliphatic heterocycles. The highest BCUT2D eigenvalue weighted by Gasteiger charge is 2.21. The van der Waals surface area contributed by atoms with E-state index in [4.69, 9.17) is 9.72 Å². The molecule has 2 aromatic heterocycles. The second kappa shape index (κ2) is 10.1. The van der Waals surface area contributed by atoms with Crippen LogP contribution in [-0.4, -0.2) is 27.0 Å². The highest BCUT2D eigenvalue weighted by atomic mass is 32.1. The first-order valence-corrected chi connectivity index (χ1v) is 12.3. The average Bonchev–Trinajstić information content (AvgIpc) is 3.31. The van der Waals surface area contributed by atoms with Gasteiger partial charge in [-0.3, -0.25) is 19.1 Å². The van der Waals surface area contributed by atoms with Crippen LogP contribution in [0.3, 0.4) is 0 Å². The van der Waals surface area contributed by atoms with Crippen LogP contribution in [0, 0.1) is 0 Å². The summed E-state index contributed by atoms with van der Waals surface area (Å²) >= 11 is 1.45. The van der Waals surface area contributed by atoms with Crippen LogP contribution in [0.4, 0.5) is 5.13 Å². The van der Waals surface area contributed by atoms with E-state index in [0.29, 0.717) is 29.2 Å². The Hall–Kier alpha value is -4.04. The van der Waals surface area contributed by atoms with Crippen LogP contribution in [0.25, 0.3) is 21.1 Å². The lowest BCUT2D eigenvalue weighted by atomic mass is 10.2. The van der Waals surface area contributed by atoms with Crippen LogP contribution in [0.15, 0.2) is 83.9 Å². The van der Waals surface area contributed by atoms with E-state index < -0.39 is 0 Å². The Balaban J connectivity index is 1.43. The molecule has 5 rings (SSSR count). The quantitative estimate of drug-likeness (QED) is 0.309. The normalized spacial score (nSPS) is 11.1. The molecule has 0 radical (unpaired) electrons. The van der Waals surface area contributed by atoms with Crippen LogP contribution in [-0.2, 0) is 17.9 Å². The van der Waals surface area contributed by atoms with E-state index in [1.54, 1.807) is 17.0 Å². The third kappa shape index (κ3) is 4.93. The molecule has 8 heteroatoms. The number of benzene rings is 3. The highest BCUT2D eigenvalue weighted by molar-refractivity contribution is 7.22. The second-order valence-electron chi connectivity index (χ2n) is 8.03. The standard InChI is InChI=1S/C27H24N4O3S/c1-2-34-20-12-13-23-24(16-20)35-27(29-23)31(17-19-8-4-3-5-9-19)25(32)14-15-30-18-28-22-11-7-6-10-21(22)26(30)33/h3-13,16,18H,2,14-15,17H2,1H3. The van der Waals surface area contributed by atoms with Crippen molar-refractivity contribution >= 4 is 43.5 Å². The number of carbonyl (C=O) groups is 1. The van der Waals surface area contributed by atoms with Gasteiger partial charge in [0.15, 0.2) is 5.13 Å². The Morgan fingerprint density at radius 2 is 1.83 bits per heavy atom. The van der Waals surface area contributed by atoms with Crippen molar-refractivity contribution in [2.45, 2.75) is 26.4 Å². The summed E-state index contributed by atoms with van der Waals surface area (Å²) in [6.45, 7) is 3.15. The fourth-order valence-electron chi connectivity index (χ4n) is 3.91. The van der Waals surface area contributed by atoms with Crippen molar-refractivity contribution in [3.63, 3.8) is 0 Å². The Labute approximate surface area is 206 Å². The number of para-hydroxylation sites is 1. The Morgan fingerprint density at radius 1 is 1.03 bits per heavy atom. The van der Waals surface area contributed by atoms with Gasteiger partial charge in [-0.15, -0.1) is 0 Å². The summed E-state index contributed by atoms with van der Waals surface area (Å²) in [4.78, 5) is 37.1. The number of hydrogen-bond acceptors (Lipinski definition) is 6. The van der Waals surface area contributed by atoms with E-state index in [1.807, 2.05) is 67.6 Å². The predicted molar refractivity (Wildman–Crippen MR) is 139 cm³/mol. The number of aromatic nitrogens is 3. The van der Waals surface area contributed by atoms with E-state index >= 15 is 0 Å². The molecule has 0 bridgehead atoms. The lowest BCUT2D eigenvalue weighted by Gasteiger charge is -2.20. The van der Waals surface area contributed by atoms with Gasteiger partial charge in [-0.05, 0) is 42.8 Å². The number of nitrogens with zero attached hydrogens (tertiary/aromatic N) is 4. The minimum absolute atomic E-state index is 0.113. The lowest BCUT2D eigenvalue weighted by Crippen LogP contribution is -2.32. The summed E-state index contributed by atoms with van der Waals surface area (Å²) in [6, 6.07) is 22.8. The third-order valence-corrected chi connectivity index (χ3v) is 6.71. The summed E-state index contributed by atoms with van der Waals surface area (Å²) in [5.74, 6) is 0.664. The van der Waals surface area contributed by atoms with Crippen molar-refractivity contribution in [3.05, 3.63) is 95.0 Å². The van der Waals surface area contributed by atoms with E-state index in [1.165, 1.54) is 22.2 Å². The van der Waals surface area contributed by atoms with Crippen molar-refractivity contribution in [1.29, 1.82) is 0 Å². The molecular weight excluding hydrogens is 460 g/mol. The molecular formula is C27H24N4O3S. The molecule has 0 aliphatic carbocycles. The van der Waals surface area contributed by atoms with Gasteiger partial charge in [0, 0.05) is 13.0 Å². The molecule has 0 spiro atoms. The molecule has 1 amide bonds. The maximum Gasteiger partial charge on any atom is 0.261 e. The van der Waals surface area contributed by atoms with Gasteiger partial charge in [-0.2, -0.15) is 0 Å². The summed E-state index contributed by atoms with van der Waals surface area (Å²) in [5, 5.41) is 1.16. The number of thiazole rings is 1. The van der Waals surface area contributed by atoms with Crippen molar-refractivity contribution in [2.24, 2.45) is 0 Å². The summed E-state index contributed by atoms with van der Waals surface area (Å²) in [5.41, 5.74) is 2.31. The maximum absolute atomic E-state index is 13.5. The Kier molecular flexibility index (Phi) is 6.54. The smallest absolute Gasteiger partial charge is 0.261 e. The number of fused-ring (bicyclic) bond motifs is 2. The lowest BCUT2D eigenvalue weighted by molar-refractivity contribution is -0.119. The molecule has 0 atom stereocenters. The van der Waals surface area contributed by atoms with Crippen molar-refractivity contribution < 1.29 is 9.53 Å². The van der Waals surface area contributed by atoms with Gasteiger partial charge in [0.2, 0.25) is 5.91 Å². The molecule has 176 valence electrons. The molecule has 0 fully saturated rings. The molecule has 35 heavy (non-hydrogen) atoms. The first-order chi connectivity index (χ1) is 17.1. The van der Waals surface area contributed by atoms with Gasteiger partial charge in [0.25, 0.3) is 5.56 Å². The second-order valence-corrected chi connectivity index (χ2v) is 9.04. The molecule has 0 N–H and O–H groups in total. The first-order valence-electron chi connectivity index (χ1n) is 11.4. The number of carbonyl (C=O) groups excluding carboxylic acids is 1. The van der Waals surface area contributed by atoms with Crippen LogP contribution in [0.2, 0.25) is 0 Å². The largest absolute Gasteiger partial charge is 0.494 e. The Morgan fingerprint density at radius 3 is 2.66 bits per heavy atom. The van der Waals surface area contributed by atoms with Crippen LogP contribution < -0.4 is 15.2 Å². The number of ether oxygens (including phenoxy) is 1. The van der Waals surface area contributed by atoms with Gasteiger partial charge in [-0.1, -0.05) is 53.8 Å². The minimum atomic E-state index is -0.151. The van der Waals surface area contributed by atoms with E-state index in [0.717, 1.165) is 21.5 Å². The van der Waals surface area contributed by atoms with Crippen molar-refractivity contribution in [2.75, 3.05) is 11.5 Å². The number of amides is 1. The van der Waals surface area contributed by atoms with E-state index in [-0.39, 0.29) is 24.4 Å². The zero-order valence-corrected chi connectivity index (χ0v) is 20.1. The number of anilines is 1. The number of hydrogen-bond donors (Lipinski definition) is 0. The minimum Gasteiger partial charge on any atom is -0.494 e. The van der Waals surface area contributed by atoms with Gasteiger partial charge >= 0.3 is 0 Å². The van der Waals surface area contributed by atoms with Crippen LogP contribution in [0.1, 0.15) is 18.9 Å². The van der Waals surface area contributed by atoms with Gasteiger partial charge in [0.1, 0.15) is 5.75 Å². The molecule has 0 aliphatic rings. The number of rotatable bonds is 8. The van der Waals surface area contributed by atoms with Gasteiger partial charge in [0.05, 0.1) is 40.6 Å². The van der Waals surface area contributed by atoms with Gasteiger partial charge < -0.3 is 4.74 Å². The Bertz CT molecular complexity index is 1540. The highest BCUT2D eigenvalue weighted by Crippen LogP contribution is 2.32. The number of aryl methyl sites for hydroxylation is 1. The fourth-order valence-corrected chi connectivity index (χ4v) is 4.92. The molecule has 2 heterocycles. The molecule has 7 nitrogen and oxygen atoms in total. The maximum atomic E-state index is 13.5. The zero-order valence-electron chi connectivity index (χ0n) is 19.3. The molecule has 0 unspecified atom stereocenters. The molecule has 0 saturated heterocycles. The predicted octanol–water partition coefficient (Wildman–Crippen LogP) is 5.03. The first kappa shape index (κ1) is 22.7. The molecule has 0 saturated carbocycles. The van der Waals surface area contributed by atoms with Crippen LogP contribution in [0.5, 0.6) is 5.75 Å². The molecule has 5 aromatic rings. The molecule has 3 aromatic carbocycles. The SMILES string of the molecule is CCOc1ccc2nc(N(Cc3ccccc3)C(=O)CCn3cnc4ccccc4c3=O)sc2c1. The summed E-state index contributed by atoms with van der Waals surface area (Å²) < 4.78 is 8.06. The van der Waals surface area contributed by atoms with Crippen molar-refractivity contribution in [1.82, 2.24) is 14.5 Å². The van der Waals surface area contributed by atoms with Gasteiger partial charge in [-0.25, -0.2) is 9.97 Å². The summed E-state index contributed by atoms with van der Waals surface area (Å²) in [7, 11) is 0. The zero-order chi connectivity index (χ0) is 24.2.